The highest BCUT2D eigenvalue weighted by Crippen LogP contribution is 2.27. The van der Waals surface area contributed by atoms with Gasteiger partial charge in [0.2, 0.25) is 0 Å². The molecule has 32 heavy (non-hydrogen) atoms. The molecule has 0 aliphatic carbocycles. The van der Waals surface area contributed by atoms with E-state index in [-0.39, 0.29) is 19.4 Å². The molecule has 0 aromatic heterocycles. The first-order valence-electron chi connectivity index (χ1n) is 9.80. The number of alkyl carbamates (subject to hydrolysis) is 1. The molecule has 0 saturated carbocycles. The van der Waals surface area contributed by atoms with E-state index in [9.17, 15) is 31.2 Å². The molecule has 2 atom stereocenters. The smallest absolute Gasteiger partial charge is 0.466 e. The number of hydrogen-bond donors (Lipinski definition) is 1. The van der Waals surface area contributed by atoms with Gasteiger partial charge in [0.05, 0.1) is 12.5 Å². The maximum atomic E-state index is 12.4. The Morgan fingerprint density at radius 3 is 2.12 bits per heavy atom. The van der Waals surface area contributed by atoms with E-state index in [2.05, 4.69) is 9.50 Å². The van der Waals surface area contributed by atoms with Crippen molar-refractivity contribution in [2.45, 2.75) is 64.6 Å². The van der Waals surface area contributed by atoms with Crippen molar-refractivity contribution in [3.8, 4) is 5.75 Å². The molecule has 0 unspecified atom stereocenters. The van der Waals surface area contributed by atoms with Crippen molar-refractivity contribution in [2.75, 3.05) is 6.61 Å². The third-order valence-electron chi connectivity index (χ3n) is 3.94. The number of halogens is 3. The van der Waals surface area contributed by atoms with E-state index in [0.29, 0.717) is 5.56 Å². The lowest BCUT2D eigenvalue weighted by Crippen LogP contribution is -2.41. The summed E-state index contributed by atoms with van der Waals surface area (Å²) in [6.45, 7) is 8.59. The van der Waals surface area contributed by atoms with Gasteiger partial charge in [-0.1, -0.05) is 19.1 Å². The van der Waals surface area contributed by atoms with Crippen LogP contribution in [0.3, 0.4) is 0 Å². The van der Waals surface area contributed by atoms with Crippen LogP contribution in [0.15, 0.2) is 24.3 Å². The first-order valence-corrected chi connectivity index (χ1v) is 11.2. The highest BCUT2D eigenvalue weighted by molar-refractivity contribution is 7.88. The van der Waals surface area contributed by atoms with Crippen molar-refractivity contribution in [1.29, 1.82) is 0 Å². The molecule has 1 aromatic rings. The van der Waals surface area contributed by atoms with Crippen LogP contribution >= 0.6 is 0 Å². The van der Waals surface area contributed by atoms with Crippen molar-refractivity contribution in [3.63, 3.8) is 0 Å². The number of rotatable bonds is 9. The van der Waals surface area contributed by atoms with E-state index in [1.54, 1.807) is 34.6 Å². The molecule has 1 amide bonds. The SMILES string of the molecule is CCOC(=O)[C@H](C)C[C@@H](Cc1ccc(OS(=O)(=O)C(F)(F)F)cc1)NC(=O)OC(C)(C)C. The number of esters is 1. The van der Waals surface area contributed by atoms with Gasteiger partial charge in [0.1, 0.15) is 11.4 Å². The van der Waals surface area contributed by atoms with Gasteiger partial charge in [-0.15, -0.1) is 0 Å². The molecule has 0 fully saturated rings. The zero-order valence-corrected chi connectivity index (χ0v) is 19.3. The molecule has 1 aromatic carbocycles. The summed E-state index contributed by atoms with van der Waals surface area (Å²) in [5.41, 5.74) is -5.74. The van der Waals surface area contributed by atoms with E-state index >= 15 is 0 Å². The zero-order chi connectivity index (χ0) is 24.7. The quantitative estimate of drug-likeness (QED) is 0.322. The Kier molecular flexibility index (Phi) is 9.37. The van der Waals surface area contributed by atoms with E-state index < -0.39 is 51.0 Å². The van der Waals surface area contributed by atoms with Gasteiger partial charge in [0.25, 0.3) is 0 Å². The molecule has 0 aliphatic heterocycles. The van der Waals surface area contributed by atoms with Crippen LogP contribution in [0.25, 0.3) is 0 Å². The van der Waals surface area contributed by atoms with Crippen molar-refractivity contribution in [1.82, 2.24) is 5.32 Å². The summed E-state index contributed by atoms with van der Waals surface area (Å²) in [7, 11) is -5.78. The van der Waals surface area contributed by atoms with Crippen LogP contribution in [0.5, 0.6) is 5.75 Å². The monoisotopic (exact) mass is 483 g/mol. The fourth-order valence-corrected chi connectivity index (χ4v) is 3.07. The molecule has 12 heteroatoms. The Morgan fingerprint density at radius 1 is 1.09 bits per heavy atom. The Labute approximate surface area is 185 Å². The summed E-state index contributed by atoms with van der Waals surface area (Å²) in [5.74, 6) is -1.50. The average Bonchev–Trinajstić information content (AvgIpc) is 2.60. The van der Waals surface area contributed by atoms with Gasteiger partial charge in [-0.2, -0.15) is 21.6 Å². The van der Waals surface area contributed by atoms with Gasteiger partial charge in [0, 0.05) is 6.04 Å². The van der Waals surface area contributed by atoms with Gasteiger partial charge in [0.15, 0.2) is 0 Å². The summed E-state index contributed by atoms with van der Waals surface area (Å²) in [6.07, 6.45) is -0.302. The molecule has 1 N–H and O–H groups in total. The summed E-state index contributed by atoms with van der Waals surface area (Å²) >= 11 is 0. The van der Waals surface area contributed by atoms with E-state index in [0.717, 1.165) is 12.1 Å². The van der Waals surface area contributed by atoms with Gasteiger partial charge in [-0.25, -0.2) is 4.79 Å². The molecule has 8 nitrogen and oxygen atoms in total. The third-order valence-corrected chi connectivity index (χ3v) is 4.92. The first kappa shape index (κ1) is 27.5. The van der Waals surface area contributed by atoms with Crippen LogP contribution in [-0.2, 0) is 30.8 Å². The summed E-state index contributed by atoms with van der Waals surface area (Å²) < 4.78 is 73.8. The Hall–Kier alpha value is -2.50. The lowest BCUT2D eigenvalue weighted by Gasteiger charge is -2.25. The second-order valence-corrected chi connectivity index (χ2v) is 9.60. The second kappa shape index (κ2) is 10.9. The fourth-order valence-electron chi connectivity index (χ4n) is 2.61. The van der Waals surface area contributed by atoms with E-state index in [1.807, 2.05) is 0 Å². The molecule has 0 heterocycles. The zero-order valence-electron chi connectivity index (χ0n) is 18.5. The Bertz CT molecular complexity index is 878. The van der Waals surface area contributed by atoms with E-state index in [1.165, 1.54) is 12.1 Å². The van der Waals surface area contributed by atoms with Crippen LogP contribution in [0.1, 0.15) is 46.6 Å². The van der Waals surface area contributed by atoms with Crippen LogP contribution in [-0.4, -0.2) is 44.2 Å². The number of carbonyl (C=O) groups excluding carboxylic acids is 2. The molecule has 1 rings (SSSR count). The predicted molar refractivity (Wildman–Crippen MR) is 109 cm³/mol. The number of amides is 1. The molecule has 182 valence electrons. The van der Waals surface area contributed by atoms with Crippen LogP contribution in [0, 0.1) is 5.92 Å². The molecular weight excluding hydrogens is 455 g/mol. The summed E-state index contributed by atoms with van der Waals surface area (Å²) in [4.78, 5) is 24.2. The van der Waals surface area contributed by atoms with Gasteiger partial charge in [-0.3, -0.25) is 4.79 Å². The Balaban J connectivity index is 2.95. The highest BCUT2D eigenvalue weighted by Gasteiger charge is 2.48. The maximum Gasteiger partial charge on any atom is 0.534 e. The molecule has 0 aliphatic rings. The number of hydrogen-bond acceptors (Lipinski definition) is 7. The number of ether oxygens (including phenoxy) is 2. The van der Waals surface area contributed by atoms with Crippen LogP contribution in [0.2, 0.25) is 0 Å². The minimum Gasteiger partial charge on any atom is -0.466 e. The number of benzene rings is 1. The van der Waals surface area contributed by atoms with Crippen molar-refractivity contribution in [2.24, 2.45) is 5.92 Å². The normalized spacial score (nSPS) is 14.2. The van der Waals surface area contributed by atoms with Gasteiger partial charge in [-0.05, 0) is 58.2 Å². The van der Waals surface area contributed by atoms with Crippen molar-refractivity contribution >= 4 is 22.2 Å². The first-order chi connectivity index (χ1) is 14.5. The molecule has 0 spiro atoms. The number of nitrogens with one attached hydrogen (secondary N) is 1. The minimum absolute atomic E-state index is 0.190. The second-order valence-electron chi connectivity index (χ2n) is 8.06. The standard InChI is InChI=1S/C20H28F3NO7S/c1-6-29-17(25)13(2)11-15(24-18(26)30-19(3,4)5)12-14-7-9-16(10-8-14)31-32(27,28)20(21,22)23/h7-10,13,15H,6,11-12H2,1-5H3,(H,24,26)/t13-,15+/m1/s1. The topological polar surface area (TPSA) is 108 Å². The summed E-state index contributed by atoms with van der Waals surface area (Å²) in [5, 5.41) is 2.68. The third kappa shape index (κ3) is 9.33. The Morgan fingerprint density at radius 2 is 1.66 bits per heavy atom. The lowest BCUT2D eigenvalue weighted by molar-refractivity contribution is -0.147. The molecule has 0 saturated heterocycles. The highest BCUT2D eigenvalue weighted by atomic mass is 32.2. The van der Waals surface area contributed by atoms with E-state index in [4.69, 9.17) is 9.47 Å². The molecule has 0 bridgehead atoms. The fraction of sp³-hybridized carbons (Fsp3) is 0.600. The minimum atomic E-state index is -5.78. The van der Waals surface area contributed by atoms with Crippen molar-refractivity contribution in [3.05, 3.63) is 29.8 Å². The van der Waals surface area contributed by atoms with Gasteiger partial charge >= 0.3 is 27.7 Å². The summed E-state index contributed by atoms with van der Waals surface area (Å²) in [6, 6.07) is 4.28. The molecule has 0 radical (unpaired) electrons. The number of carbonyl (C=O) groups is 2. The number of alkyl halides is 3. The average molecular weight is 484 g/mol. The van der Waals surface area contributed by atoms with Crippen LogP contribution < -0.4 is 9.50 Å². The van der Waals surface area contributed by atoms with Gasteiger partial charge < -0.3 is 19.0 Å². The maximum absolute atomic E-state index is 12.4. The largest absolute Gasteiger partial charge is 0.534 e. The molecular formula is C20H28F3NO7S. The lowest BCUT2D eigenvalue weighted by atomic mass is 9.96. The van der Waals surface area contributed by atoms with Crippen LogP contribution in [0.4, 0.5) is 18.0 Å². The predicted octanol–water partition coefficient (Wildman–Crippen LogP) is 3.94. The van der Waals surface area contributed by atoms with Crippen molar-refractivity contribution < 1.29 is 44.8 Å².